The minimum absolute atomic E-state index is 0.0192. The number of nitrogens with one attached hydrogen (secondary N) is 1. The minimum Gasteiger partial charge on any atom is -0.493 e. The van der Waals surface area contributed by atoms with Gasteiger partial charge in [0, 0.05) is 49.1 Å². The maximum absolute atomic E-state index is 12.9. The number of anilines is 2. The summed E-state index contributed by atoms with van der Waals surface area (Å²) in [5, 5.41) is 2.87. The van der Waals surface area contributed by atoms with Crippen molar-refractivity contribution in [3.63, 3.8) is 0 Å². The van der Waals surface area contributed by atoms with Crippen LogP contribution in [0.5, 0.6) is 11.5 Å². The fraction of sp³-hybridized carbons (Fsp3) is 0.375. The molecule has 0 radical (unpaired) electrons. The first-order valence-corrected chi connectivity index (χ1v) is 10.7. The van der Waals surface area contributed by atoms with Crippen molar-refractivity contribution in [1.29, 1.82) is 0 Å². The van der Waals surface area contributed by atoms with Crippen LogP contribution in [0, 0.1) is 5.92 Å². The summed E-state index contributed by atoms with van der Waals surface area (Å²) >= 11 is 0. The number of carbonyl (C=O) groups is 3. The largest absolute Gasteiger partial charge is 0.493 e. The van der Waals surface area contributed by atoms with Gasteiger partial charge in [-0.05, 0) is 43.2 Å². The van der Waals surface area contributed by atoms with Gasteiger partial charge in [-0.2, -0.15) is 0 Å². The highest BCUT2D eigenvalue weighted by atomic mass is 16.5. The maximum Gasteiger partial charge on any atom is 0.253 e. The SMILES string of the molecule is COc1ccc(N2CC(C(=O)Nc3cccc(C(=O)N4CCCC4)c3)CC2=O)cc1OC. The van der Waals surface area contributed by atoms with Gasteiger partial charge in [0.25, 0.3) is 5.91 Å². The molecular weight excluding hydrogens is 410 g/mol. The Kier molecular flexibility index (Phi) is 6.30. The van der Waals surface area contributed by atoms with E-state index in [1.54, 1.807) is 54.5 Å². The molecule has 2 saturated heterocycles. The van der Waals surface area contributed by atoms with Gasteiger partial charge in [-0.15, -0.1) is 0 Å². The van der Waals surface area contributed by atoms with Gasteiger partial charge < -0.3 is 24.6 Å². The average Bonchev–Trinajstić information content (AvgIpc) is 3.48. The number of nitrogens with zero attached hydrogens (tertiary/aromatic N) is 2. The van der Waals surface area contributed by atoms with Crippen molar-refractivity contribution in [2.45, 2.75) is 19.3 Å². The van der Waals surface area contributed by atoms with E-state index in [0.29, 0.717) is 28.4 Å². The van der Waals surface area contributed by atoms with Gasteiger partial charge >= 0.3 is 0 Å². The molecule has 1 atom stereocenters. The number of hydrogen-bond acceptors (Lipinski definition) is 5. The highest BCUT2D eigenvalue weighted by molar-refractivity contribution is 6.04. The Morgan fingerprint density at radius 3 is 2.47 bits per heavy atom. The lowest BCUT2D eigenvalue weighted by molar-refractivity contribution is -0.122. The topological polar surface area (TPSA) is 88.2 Å². The summed E-state index contributed by atoms with van der Waals surface area (Å²) in [7, 11) is 3.08. The van der Waals surface area contributed by atoms with Gasteiger partial charge in [-0.25, -0.2) is 0 Å². The van der Waals surface area contributed by atoms with Crippen molar-refractivity contribution in [1.82, 2.24) is 4.90 Å². The zero-order valence-electron chi connectivity index (χ0n) is 18.3. The molecule has 0 aliphatic carbocycles. The molecule has 0 saturated carbocycles. The smallest absolute Gasteiger partial charge is 0.253 e. The van der Waals surface area contributed by atoms with Crippen LogP contribution < -0.4 is 19.7 Å². The van der Waals surface area contributed by atoms with Gasteiger partial charge in [-0.1, -0.05) is 6.07 Å². The number of hydrogen-bond donors (Lipinski definition) is 1. The second kappa shape index (κ2) is 9.30. The van der Waals surface area contributed by atoms with E-state index in [-0.39, 0.29) is 30.7 Å². The van der Waals surface area contributed by atoms with Gasteiger partial charge in [-0.3, -0.25) is 14.4 Å². The molecule has 2 fully saturated rings. The molecule has 2 aliphatic rings. The quantitative estimate of drug-likeness (QED) is 0.751. The molecule has 1 N–H and O–H groups in total. The number of carbonyl (C=O) groups excluding carboxylic acids is 3. The average molecular weight is 437 g/mol. The Bertz CT molecular complexity index is 1030. The fourth-order valence-corrected chi connectivity index (χ4v) is 4.20. The van der Waals surface area contributed by atoms with E-state index in [9.17, 15) is 14.4 Å². The number of ether oxygens (including phenoxy) is 2. The molecule has 3 amide bonds. The lowest BCUT2D eigenvalue weighted by atomic mass is 10.1. The molecule has 0 aromatic heterocycles. The lowest BCUT2D eigenvalue weighted by Gasteiger charge is -2.19. The fourth-order valence-electron chi connectivity index (χ4n) is 4.20. The molecule has 168 valence electrons. The van der Waals surface area contributed by atoms with E-state index in [2.05, 4.69) is 5.32 Å². The minimum atomic E-state index is -0.492. The summed E-state index contributed by atoms with van der Waals surface area (Å²) in [6, 6.07) is 12.2. The first kappa shape index (κ1) is 21.7. The van der Waals surface area contributed by atoms with Crippen LogP contribution in [0.1, 0.15) is 29.6 Å². The van der Waals surface area contributed by atoms with Gasteiger partial charge in [0.15, 0.2) is 11.5 Å². The van der Waals surface area contributed by atoms with E-state index in [1.165, 1.54) is 7.11 Å². The van der Waals surface area contributed by atoms with Gasteiger partial charge in [0.05, 0.1) is 20.1 Å². The molecule has 0 spiro atoms. The maximum atomic E-state index is 12.9. The van der Waals surface area contributed by atoms with Crippen LogP contribution in [0.3, 0.4) is 0 Å². The Labute approximate surface area is 187 Å². The summed E-state index contributed by atoms with van der Waals surface area (Å²) in [6.45, 7) is 1.81. The number of amides is 3. The third kappa shape index (κ3) is 4.39. The first-order valence-electron chi connectivity index (χ1n) is 10.7. The van der Waals surface area contributed by atoms with Crippen LogP contribution in [-0.2, 0) is 9.59 Å². The first-order chi connectivity index (χ1) is 15.5. The van der Waals surface area contributed by atoms with E-state index in [1.807, 2.05) is 4.90 Å². The Morgan fingerprint density at radius 2 is 1.75 bits per heavy atom. The highest BCUT2D eigenvalue weighted by Crippen LogP contribution is 2.34. The molecular formula is C24H27N3O5. The number of benzene rings is 2. The van der Waals surface area contributed by atoms with Crippen molar-refractivity contribution < 1.29 is 23.9 Å². The van der Waals surface area contributed by atoms with E-state index < -0.39 is 5.92 Å². The second-order valence-corrected chi connectivity index (χ2v) is 8.01. The summed E-state index contributed by atoms with van der Waals surface area (Å²) in [5.41, 5.74) is 1.76. The third-order valence-corrected chi connectivity index (χ3v) is 5.94. The van der Waals surface area contributed by atoms with Crippen LogP contribution in [0.15, 0.2) is 42.5 Å². The van der Waals surface area contributed by atoms with Crippen LogP contribution >= 0.6 is 0 Å². The summed E-state index contributed by atoms with van der Waals surface area (Å²) in [5.74, 6) is 0.205. The number of rotatable bonds is 6. The molecule has 4 rings (SSSR count). The summed E-state index contributed by atoms with van der Waals surface area (Å²) in [6.07, 6.45) is 2.16. The number of methoxy groups -OCH3 is 2. The van der Waals surface area contributed by atoms with Crippen LogP contribution in [0.4, 0.5) is 11.4 Å². The standard InChI is InChI=1S/C24H27N3O5/c1-31-20-9-8-19(14-21(20)32-2)27-15-17(13-22(27)28)23(29)25-18-7-5-6-16(12-18)24(30)26-10-3-4-11-26/h5-9,12,14,17H,3-4,10-11,13,15H2,1-2H3,(H,25,29). The van der Waals surface area contributed by atoms with E-state index in [4.69, 9.17) is 9.47 Å². The molecule has 8 heteroatoms. The van der Waals surface area contributed by atoms with Crippen molar-refractivity contribution >= 4 is 29.1 Å². The predicted molar refractivity (Wildman–Crippen MR) is 120 cm³/mol. The zero-order valence-corrected chi connectivity index (χ0v) is 18.3. The molecule has 1 unspecified atom stereocenters. The normalized spacial score (nSPS) is 18.1. The Morgan fingerprint density at radius 1 is 1.00 bits per heavy atom. The lowest BCUT2D eigenvalue weighted by Crippen LogP contribution is -2.29. The van der Waals surface area contributed by atoms with Crippen LogP contribution in [0.25, 0.3) is 0 Å². The Hall–Kier alpha value is -3.55. The molecule has 8 nitrogen and oxygen atoms in total. The highest BCUT2D eigenvalue weighted by Gasteiger charge is 2.35. The number of likely N-dealkylation sites (tertiary alicyclic amines) is 1. The van der Waals surface area contributed by atoms with E-state index in [0.717, 1.165) is 25.9 Å². The van der Waals surface area contributed by atoms with Gasteiger partial charge in [0.2, 0.25) is 11.8 Å². The molecule has 0 bridgehead atoms. The molecule has 2 heterocycles. The van der Waals surface area contributed by atoms with Crippen LogP contribution in [-0.4, -0.2) is 56.5 Å². The Balaban J connectivity index is 1.43. The zero-order chi connectivity index (χ0) is 22.7. The second-order valence-electron chi connectivity index (χ2n) is 8.01. The van der Waals surface area contributed by atoms with Crippen molar-refractivity contribution in [2.24, 2.45) is 5.92 Å². The van der Waals surface area contributed by atoms with Crippen molar-refractivity contribution in [2.75, 3.05) is 44.1 Å². The van der Waals surface area contributed by atoms with Crippen LogP contribution in [0.2, 0.25) is 0 Å². The molecule has 2 aromatic carbocycles. The van der Waals surface area contributed by atoms with E-state index >= 15 is 0 Å². The predicted octanol–water partition coefficient (Wildman–Crippen LogP) is 2.93. The third-order valence-electron chi connectivity index (χ3n) is 5.94. The molecule has 32 heavy (non-hydrogen) atoms. The van der Waals surface area contributed by atoms with Gasteiger partial charge in [0.1, 0.15) is 0 Å². The molecule has 2 aliphatic heterocycles. The monoisotopic (exact) mass is 437 g/mol. The summed E-state index contributed by atoms with van der Waals surface area (Å²) < 4.78 is 10.6. The molecule has 2 aromatic rings. The van der Waals surface area contributed by atoms with Crippen molar-refractivity contribution in [3.8, 4) is 11.5 Å². The van der Waals surface area contributed by atoms with Crippen molar-refractivity contribution in [3.05, 3.63) is 48.0 Å². The summed E-state index contributed by atoms with van der Waals surface area (Å²) in [4.78, 5) is 41.5.